The summed E-state index contributed by atoms with van der Waals surface area (Å²) in [5.41, 5.74) is 7.47. The fourth-order valence-electron chi connectivity index (χ4n) is 7.85. The van der Waals surface area contributed by atoms with Gasteiger partial charge < -0.3 is 24.1 Å². The fourth-order valence-corrected chi connectivity index (χ4v) is 7.85. The molecule has 11 nitrogen and oxygen atoms in total. The molecule has 1 unspecified atom stereocenters. The molecule has 1 atom stereocenters. The number of aryl methyl sites for hydroxylation is 2. The Kier molecular flexibility index (Phi) is 7.60. The molecule has 3 aliphatic heterocycles. The van der Waals surface area contributed by atoms with Crippen LogP contribution in [0.4, 0.5) is 23.0 Å². The predicted molar refractivity (Wildman–Crippen MR) is 183 cm³/mol. The zero-order valence-electron chi connectivity index (χ0n) is 27.4. The van der Waals surface area contributed by atoms with Gasteiger partial charge in [-0.2, -0.15) is 0 Å². The van der Waals surface area contributed by atoms with E-state index in [4.69, 9.17) is 4.74 Å². The first-order valence-corrected chi connectivity index (χ1v) is 16.9. The van der Waals surface area contributed by atoms with Crippen molar-refractivity contribution in [3.05, 3.63) is 81.8 Å². The minimum absolute atomic E-state index is 0.0000363. The molecule has 0 saturated carbocycles. The molecular weight excluding hydrogens is 592 g/mol. The molecule has 8 rings (SSSR count). The lowest BCUT2D eigenvalue weighted by Crippen LogP contribution is -2.60. The summed E-state index contributed by atoms with van der Waals surface area (Å²) in [6, 6.07) is 10.9. The third-order valence-corrected chi connectivity index (χ3v) is 10.5. The number of carbonyl (C=O) groups excluding carboxylic acids is 1. The molecule has 0 aromatic carbocycles. The Morgan fingerprint density at radius 1 is 0.979 bits per heavy atom. The molecule has 4 aromatic heterocycles. The molecule has 244 valence electrons. The Balaban J connectivity index is 1.02. The molecule has 11 heteroatoms. The van der Waals surface area contributed by atoms with Gasteiger partial charge in [-0.3, -0.25) is 19.4 Å². The van der Waals surface area contributed by atoms with Crippen LogP contribution in [0.1, 0.15) is 47.1 Å². The van der Waals surface area contributed by atoms with Gasteiger partial charge >= 0.3 is 0 Å². The van der Waals surface area contributed by atoms with Crippen LogP contribution in [0.25, 0.3) is 11.1 Å². The van der Waals surface area contributed by atoms with E-state index in [-0.39, 0.29) is 11.5 Å². The van der Waals surface area contributed by atoms with Crippen LogP contribution in [0.15, 0.2) is 53.7 Å². The molecule has 0 bridgehead atoms. The van der Waals surface area contributed by atoms with Crippen molar-refractivity contribution in [3.8, 4) is 11.1 Å². The van der Waals surface area contributed by atoms with Gasteiger partial charge in [0.05, 0.1) is 31.1 Å². The van der Waals surface area contributed by atoms with Crippen LogP contribution >= 0.6 is 0 Å². The van der Waals surface area contributed by atoms with Gasteiger partial charge in [-0.1, -0.05) is 0 Å². The summed E-state index contributed by atoms with van der Waals surface area (Å²) in [6.45, 7) is 10.2. The van der Waals surface area contributed by atoms with Gasteiger partial charge in [0, 0.05) is 69.5 Å². The van der Waals surface area contributed by atoms with Gasteiger partial charge in [0.25, 0.3) is 11.5 Å². The quantitative estimate of drug-likeness (QED) is 0.338. The Labute approximate surface area is 274 Å². The number of nitrogens with one attached hydrogen (secondary N) is 1. The van der Waals surface area contributed by atoms with Crippen molar-refractivity contribution in [2.24, 2.45) is 7.05 Å². The van der Waals surface area contributed by atoms with E-state index in [1.165, 1.54) is 24.1 Å². The fraction of sp³-hybridized carbons (Fsp3) is 0.444. The lowest BCUT2D eigenvalue weighted by atomic mass is 9.98. The molecule has 4 aromatic rings. The van der Waals surface area contributed by atoms with Crippen molar-refractivity contribution in [3.63, 3.8) is 0 Å². The van der Waals surface area contributed by atoms with Crippen LogP contribution in [0.2, 0.25) is 0 Å². The molecule has 2 saturated heterocycles. The number of hydrogen-bond donors (Lipinski definition) is 1. The molecule has 0 radical (unpaired) electrons. The molecule has 7 heterocycles. The number of piperazine rings is 1. The summed E-state index contributed by atoms with van der Waals surface area (Å²) in [7, 11) is 1.76. The van der Waals surface area contributed by atoms with Crippen molar-refractivity contribution < 1.29 is 9.53 Å². The van der Waals surface area contributed by atoms with Crippen LogP contribution in [0.5, 0.6) is 0 Å². The van der Waals surface area contributed by atoms with Gasteiger partial charge in [-0.25, -0.2) is 9.97 Å². The maximum absolute atomic E-state index is 13.8. The monoisotopic (exact) mass is 634 g/mol. The lowest BCUT2D eigenvalue weighted by molar-refractivity contribution is -0.0792. The van der Waals surface area contributed by atoms with Crippen LogP contribution in [0.3, 0.4) is 0 Å². The summed E-state index contributed by atoms with van der Waals surface area (Å²) < 4.78 is 9.22. The Bertz CT molecular complexity index is 1890. The molecule has 1 aliphatic carbocycles. The highest BCUT2D eigenvalue weighted by atomic mass is 16.5. The van der Waals surface area contributed by atoms with Crippen LogP contribution in [-0.2, 0) is 31.2 Å². The Morgan fingerprint density at radius 2 is 1.83 bits per heavy atom. The molecule has 1 N–H and O–H groups in total. The van der Waals surface area contributed by atoms with Gasteiger partial charge in [-0.15, -0.1) is 0 Å². The number of rotatable bonds is 6. The van der Waals surface area contributed by atoms with E-state index in [0.717, 1.165) is 80.3 Å². The topological polar surface area (TPSA) is 101 Å². The normalized spacial score (nSPS) is 20.1. The Hall–Kier alpha value is -4.48. The third-order valence-electron chi connectivity index (χ3n) is 10.5. The number of hydrogen-bond acceptors (Lipinski definition) is 8. The molecule has 2 fully saturated rings. The number of fused-ring (bicyclic) bond motifs is 3. The maximum Gasteiger partial charge on any atom is 0.276 e. The average molecular weight is 635 g/mol. The average Bonchev–Trinajstić information content (AvgIpc) is 3.44. The zero-order chi connectivity index (χ0) is 32.2. The summed E-state index contributed by atoms with van der Waals surface area (Å²) in [6.07, 6.45) is 9.93. The number of amides is 1. The standard InChI is InChI=1S/C36H42N8O3/c1-23-19-41(12-13-42(23)28-21-47-22-28)27-8-9-33(38-18-27)39-30-16-26(20-40(3)35(30)45)29-10-11-37-34(24(29)2)44-15-14-43-31-7-5-4-6-25(31)17-32(43)36(44)46/h8-11,16-18,20,23,28H,4-7,12-15,19,21-22H2,1-3H3,(H,38,39). The lowest BCUT2D eigenvalue weighted by Gasteiger charge is -2.47. The second kappa shape index (κ2) is 12.0. The van der Waals surface area contributed by atoms with E-state index >= 15 is 0 Å². The summed E-state index contributed by atoms with van der Waals surface area (Å²) in [5.74, 6) is 1.27. The van der Waals surface area contributed by atoms with Crippen LogP contribution < -0.4 is 20.7 Å². The second-order valence-electron chi connectivity index (χ2n) is 13.4. The highest BCUT2D eigenvalue weighted by molar-refractivity contribution is 6.06. The van der Waals surface area contributed by atoms with Gasteiger partial charge in [0.2, 0.25) is 0 Å². The number of nitrogens with zero attached hydrogens (tertiary/aromatic N) is 7. The SMILES string of the molecule is Cc1c(-c2cc(Nc3ccc(N4CCN(C5COC5)C(C)C4)cn3)c(=O)n(C)c2)ccnc1N1CCn2c(cc3c2CCCC3)C1=O. The molecule has 1 amide bonds. The van der Waals surface area contributed by atoms with Gasteiger partial charge in [-0.05, 0) is 86.6 Å². The molecule has 47 heavy (non-hydrogen) atoms. The predicted octanol–water partition coefficient (Wildman–Crippen LogP) is 4.14. The largest absolute Gasteiger partial charge is 0.378 e. The zero-order valence-corrected chi connectivity index (χ0v) is 27.4. The first-order chi connectivity index (χ1) is 22.9. The van der Waals surface area contributed by atoms with E-state index < -0.39 is 0 Å². The van der Waals surface area contributed by atoms with E-state index in [0.29, 0.717) is 36.0 Å². The second-order valence-corrected chi connectivity index (χ2v) is 13.4. The summed E-state index contributed by atoms with van der Waals surface area (Å²) in [5, 5.41) is 3.27. The number of ether oxygens (including phenoxy) is 1. The van der Waals surface area contributed by atoms with Crippen molar-refractivity contribution in [1.82, 2.24) is 24.0 Å². The van der Waals surface area contributed by atoms with Crippen molar-refractivity contribution >= 4 is 28.9 Å². The molecule has 4 aliphatic rings. The van der Waals surface area contributed by atoms with Gasteiger partial charge in [0.1, 0.15) is 23.0 Å². The maximum atomic E-state index is 13.8. The number of pyridine rings is 3. The van der Waals surface area contributed by atoms with Gasteiger partial charge in [0.15, 0.2) is 0 Å². The molecular formula is C36H42N8O3. The first kappa shape index (κ1) is 29.9. The third kappa shape index (κ3) is 5.31. The minimum Gasteiger partial charge on any atom is -0.378 e. The summed E-state index contributed by atoms with van der Waals surface area (Å²) in [4.78, 5) is 43.1. The number of anilines is 4. The molecule has 0 spiro atoms. The van der Waals surface area contributed by atoms with Crippen LogP contribution in [0, 0.1) is 6.92 Å². The van der Waals surface area contributed by atoms with E-state index in [2.05, 4.69) is 48.7 Å². The van der Waals surface area contributed by atoms with E-state index in [1.807, 2.05) is 42.4 Å². The van der Waals surface area contributed by atoms with E-state index in [9.17, 15) is 9.59 Å². The smallest absolute Gasteiger partial charge is 0.276 e. The van der Waals surface area contributed by atoms with Crippen LogP contribution in [-0.4, -0.2) is 81.4 Å². The van der Waals surface area contributed by atoms with E-state index in [1.54, 1.807) is 17.8 Å². The highest BCUT2D eigenvalue weighted by Gasteiger charge is 2.34. The minimum atomic E-state index is -0.146. The van der Waals surface area contributed by atoms with Crippen molar-refractivity contribution in [1.29, 1.82) is 0 Å². The number of aromatic nitrogens is 4. The number of carbonyl (C=O) groups is 1. The Morgan fingerprint density at radius 3 is 2.60 bits per heavy atom. The first-order valence-electron chi connectivity index (χ1n) is 16.9. The highest BCUT2D eigenvalue weighted by Crippen LogP contribution is 2.34. The van der Waals surface area contributed by atoms with Crippen molar-refractivity contribution in [2.45, 2.75) is 58.2 Å². The summed E-state index contributed by atoms with van der Waals surface area (Å²) >= 11 is 0. The van der Waals surface area contributed by atoms with Crippen molar-refractivity contribution in [2.75, 3.05) is 54.5 Å².